The zero-order chi connectivity index (χ0) is 97.1. The third-order valence-corrected chi connectivity index (χ3v) is 22.6. The summed E-state index contributed by atoms with van der Waals surface area (Å²) in [4.78, 5) is 78.6. The van der Waals surface area contributed by atoms with E-state index in [9.17, 15) is 19.2 Å². The Labute approximate surface area is 817 Å². The third-order valence-electron chi connectivity index (χ3n) is 19.1. The highest BCUT2D eigenvalue weighted by molar-refractivity contribution is 6.66. The van der Waals surface area contributed by atoms with Crippen molar-refractivity contribution in [1.82, 2.24) is 39.9 Å². The molecular formula is C91H105Cl10N13O18. The van der Waals surface area contributed by atoms with Crippen LogP contribution in [0, 0.1) is 17.8 Å². The number of ketones is 1. The maximum Gasteiger partial charge on any atom is 0.306 e. The number of nitrogens with one attached hydrogen (secondary N) is 3. The van der Waals surface area contributed by atoms with E-state index in [1.165, 1.54) is 63.0 Å². The van der Waals surface area contributed by atoms with Crippen molar-refractivity contribution in [1.29, 1.82) is 0 Å². The molecule has 31 nitrogen and oxygen atoms in total. The SMILES string of the molecule is C=CC(=O)CC1COC[C@H]1Nc1ncc(/C=C/c2c(Cl)c(OC)cc(OC)c2Cl)cn1.C=CC(=O)Cl.CC(C)(C)OC(=O)CC1COC[C@H]1N.COc1cc(OC)c(Cl)c(/C=C/c2cnc(Cl)nc2)c1Cl.COc1cc(OC)c(Cl)c(/C=C/c2cnc(N[C@@H]3COCC3CC(=O)OC(C)(C)C)nc2)c1Cl.COc1cc(OC)c(Cl)c(/C=C/c2cnc(N[C@@H]3COCC3N)nc2)c1Cl. The summed E-state index contributed by atoms with van der Waals surface area (Å²) in [6.45, 7) is 21.9. The van der Waals surface area contributed by atoms with Crippen LogP contribution in [0.15, 0.2) is 99.2 Å². The summed E-state index contributed by atoms with van der Waals surface area (Å²) < 4.78 is 74.3. The summed E-state index contributed by atoms with van der Waals surface area (Å²) in [5, 5.41) is 12.4. The summed E-state index contributed by atoms with van der Waals surface area (Å²) in [7, 11) is 12.2. The first kappa shape index (κ1) is 109. The fourth-order valence-corrected chi connectivity index (χ4v) is 14.9. The zero-order valence-corrected chi connectivity index (χ0v) is 82.4. The number of allylic oxidation sites excluding steroid dienone is 2. The number of aromatic nitrogens is 8. The Morgan fingerprint density at radius 2 is 0.606 bits per heavy atom. The van der Waals surface area contributed by atoms with Gasteiger partial charge < -0.3 is 93.7 Å². The molecule has 0 amide bonds. The number of esters is 2. The van der Waals surface area contributed by atoms with E-state index < -0.39 is 16.4 Å². The average Bonchev–Trinajstić information content (AvgIpc) is 1.03. The number of benzene rings is 4. The number of hydrogen-bond donors (Lipinski definition) is 5. The van der Waals surface area contributed by atoms with Gasteiger partial charge in [0.15, 0.2) is 5.78 Å². The van der Waals surface area contributed by atoms with Crippen LogP contribution in [-0.4, -0.2) is 214 Å². The van der Waals surface area contributed by atoms with E-state index in [2.05, 4.69) is 69.0 Å². The first-order valence-corrected chi connectivity index (χ1v) is 44.2. The summed E-state index contributed by atoms with van der Waals surface area (Å²) in [6.07, 6.45) is 30.8. The van der Waals surface area contributed by atoms with Gasteiger partial charge in [-0.25, -0.2) is 39.9 Å². The van der Waals surface area contributed by atoms with Crippen LogP contribution in [0.1, 0.15) is 105 Å². The molecule has 4 saturated heterocycles. The molecule has 4 unspecified atom stereocenters. The summed E-state index contributed by atoms with van der Waals surface area (Å²) in [6, 6.07) is 6.33. The molecule has 8 aromatic rings. The predicted molar refractivity (Wildman–Crippen MR) is 521 cm³/mol. The summed E-state index contributed by atoms with van der Waals surface area (Å²) >= 11 is 61.2. The first-order chi connectivity index (χ1) is 62.8. The van der Waals surface area contributed by atoms with E-state index in [4.69, 9.17) is 194 Å². The van der Waals surface area contributed by atoms with Gasteiger partial charge in [0.1, 0.15) is 57.2 Å². The summed E-state index contributed by atoms with van der Waals surface area (Å²) in [5.74, 6) is 4.85. The lowest BCUT2D eigenvalue weighted by molar-refractivity contribution is -0.157. The van der Waals surface area contributed by atoms with Crippen LogP contribution in [0.5, 0.6) is 46.0 Å². The molecule has 4 fully saturated rings. The van der Waals surface area contributed by atoms with Gasteiger partial charge in [0, 0.05) is 149 Å². The van der Waals surface area contributed by atoms with Crippen molar-refractivity contribution < 1.29 is 85.5 Å². The lowest BCUT2D eigenvalue weighted by Crippen LogP contribution is -2.39. The Morgan fingerprint density at radius 1 is 0.364 bits per heavy atom. The van der Waals surface area contributed by atoms with E-state index in [-0.39, 0.29) is 77.4 Å². The fraction of sp³-hybridized carbons (Fsp3) is 0.385. The molecule has 7 N–H and O–H groups in total. The minimum absolute atomic E-state index is 0.00445. The van der Waals surface area contributed by atoms with Crippen LogP contribution in [0.3, 0.4) is 0 Å². The van der Waals surface area contributed by atoms with Gasteiger partial charge >= 0.3 is 11.9 Å². The number of hydrogen-bond acceptors (Lipinski definition) is 31. The Bertz CT molecular complexity index is 5200. The molecule has 0 spiro atoms. The van der Waals surface area contributed by atoms with Crippen LogP contribution in [0.2, 0.25) is 45.5 Å². The second-order valence-electron chi connectivity index (χ2n) is 30.9. The molecule has 4 aromatic heterocycles. The molecule has 4 aliphatic rings. The van der Waals surface area contributed by atoms with E-state index in [1.54, 1.807) is 122 Å². The highest BCUT2D eigenvalue weighted by atomic mass is 35.5. The number of nitrogens with two attached hydrogens (primary N) is 2. The molecule has 8 heterocycles. The molecule has 0 aliphatic carbocycles. The van der Waals surface area contributed by atoms with Crippen molar-refractivity contribution in [3.63, 3.8) is 0 Å². The zero-order valence-electron chi connectivity index (χ0n) is 74.9. The highest BCUT2D eigenvalue weighted by Gasteiger charge is 2.35. The molecular weight excluding hydrogens is 1920 g/mol. The van der Waals surface area contributed by atoms with Gasteiger partial charge in [-0.2, -0.15) is 0 Å². The number of carbonyl (C=O) groups is 4. The molecule has 0 radical (unpaired) electrons. The molecule has 132 heavy (non-hydrogen) atoms. The van der Waals surface area contributed by atoms with E-state index in [0.29, 0.717) is 192 Å². The Balaban J connectivity index is 0.000000227. The van der Waals surface area contributed by atoms with Crippen molar-refractivity contribution in [2.24, 2.45) is 29.2 Å². The third kappa shape index (κ3) is 34.1. The molecule has 8 atom stereocenters. The van der Waals surface area contributed by atoms with Crippen molar-refractivity contribution in [2.45, 2.75) is 102 Å². The number of ether oxygens (including phenoxy) is 14. The number of nitrogens with zero attached hydrogens (tertiary/aromatic N) is 8. The quantitative estimate of drug-likeness (QED) is 0.0121. The topological polar surface area (TPSA) is 389 Å². The van der Waals surface area contributed by atoms with Crippen molar-refractivity contribution in [2.75, 3.05) is 126 Å². The van der Waals surface area contributed by atoms with Gasteiger partial charge in [-0.1, -0.05) is 155 Å². The minimum atomic E-state index is -0.517. The number of anilines is 3. The van der Waals surface area contributed by atoms with E-state index >= 15 is 0 Å². The second kappa shape index (κ2) is 54.1. The van der Waals surface area contributed by atoms with Crippen LogP contribution in [-0.2, 0) is 47.6 Å². The monoisotopic (exact) mass is 2020 g/mol. The Hall–Kier alpha value is -9.62. The molecule has 0 saturated carbocycles. The molecule has 4 aromatic carbocycles. The number of methoxy groups -OCH3 is 8. The Morgan fingerprint density at radius 3 is 0.856 bits per heavy atom. The van der Waals surface area contributed by atoms with Gasteiger partial charge in [-0.05, 0) is 76.9 Å². The smallest absolute Gasteiger partial charge is 0.306 e. The minimum Gasteiger partial charge on any atom is -0.495 e. The van der Waals surface area contributed by atoms with E-state index in [0.717, 1.165) is 28.3 Å². The van der Waals surface area contributed by atoms with Crippen LogP contribution in [0.4, 0.5) is 17.8 Å². The summed E-state index contributed by atoms with van der Waals surface area (Å²) in [5.41, 5.74) is 16.1. The normalized spacial score (nSPS) is 17.9. The number of halogens is 10. The lowest BCUT2D eigenvalue weighted by atomic mass is 9.97. The lowest BCUT2D eigenvalue weighted by Gasteiger charge is -2.22. The standard InChI is InChI=1S/C24H29Cl2N3O5.C22H23Cl2N3O4.C18H20Cl2N4O3.C14H11Cl3N2O2.C10H19NO3.C3H3ClO/c1-24(2,3)34-20(30)8-15-12-33-13-17(15)29-23-27-10-14(11-28-23)6-7-16-21(25)18(31-4)9-19(32-5)22(16)26;1-4-15(28)7-14-11-31-12-17(14)27-22-25-9-13(10-26-22)5-6-16-20(23)18(29-2)8-19(30-3)21(16)24;1-25-14-5-15(26-2)17(20)11(16(14)19)4-3-10-6-22-18(23-7-10)24-13-9-27-8-12(13)21;1-20-10-5-11(21-2)13(16)9(12(10)15)4-3-8-6-18-14(17)19-7-8;1-10(2,3)14-9(12)4-7-5-13-6-8(7)11;1-2-3(4)5/h6-7,9-11,15,17H,8,12-13H2,1-5H3,(H,27,28,29);4-6,8-10,14,17H,1,7,11-12H2,2-3H3,(H,25,26,27);3-7,12-13H,8-9,21H2,1-2H3,(H,22,23,24);3-7H,1-2H3;7-8H,4-6,11H2,1-3H3;2H,1H2/b7-6+;6-5+;2*4-3+;;/t15?,17-;14?,17-;12?,13-;;7?,8-;/m111.1./s1. The first-order valence-electron chi connectivity index (χ1n) is 40.4. The predicted octanol–water partition coefficient (Wildman–Crippen LogP) is 19.0. The fourth-order valence-electron chi connectivity index (χ4n) is 12.3. The molecule has 712 valence electrons. The maximum absolute atomic E-state index is 12.2. The maximum atomic E-state index is 12.2. The molecule has 0 bridgehead atoms. The number of rotatable bonds is 30. The van der Waals surface area contributed by atoms with Gasteiger partial charge in [0.05, 0.1) is 187 Å². The molecule has 4 aliphatic heterocycles. The largest absolute Gasteiger partial charge is 0.495 e. The van der Waals surface area contributed by atoms with Crippen LogP contribution < -0.4 is 65.3 Å². The van der Waals surface area contributed by atoms with Gasteiger partial charge in [0.2, 0.25) is 28.4 Å². The highest BCUT2D eigenvalue weighted by Crippen LogP contribution is 2.46. The van der Waals surface area contributed by atoms with Gasteiger partial charge in [-0.3, -0.25) is 19.2 Å². The molecule has 41 heteroatoms. The van der Waals surface area contributed by atoms with E-state index in [1.807, 2.05) is 41.5 Å². The van der Waals surface area contributed by atoms with Crippen molar-refractivity contribution >= 4 is 205 Å². The molecule has 12 rings (SSSR count). The Kier molecular flexibility index (Phi) is 44.8. The van der Waals surface area contributed by atoms with Crippen LogP contribution in [0.25, 0.3) is 48.6 Å². The average molecular weight is 2020 g/mol. The van der Waals surface area contributed by atoms with Gasteiger partial charge in [0.25, 0.3) is 0 Å². The second-order valence-corrected chi connectivity index (χ2v) is 34.6. The van der Waals surface area contributed by atoms with Crippen molar-refractivity contribution in [3.05, 3.63) is 189 Å². The van der Waals surface area contributed by atoms with Crippen LogP contribution >= 0.6 is 116 Å². The number of carbonyl (C=O) groups excluding carboxylic acids is 4. The van der Waals surface area contributed by atoms with Crippen molar-refractivity contribution in [3.8, 4) is 46.0 Å². The van der Waals surface area contributed by atoms with Gasteiger partial charge in [-0.15, -0.1) is 0 Å².